The third-order valence-corrected chi connectivity index (χ3v) is 2.51. The maximum atomic E-state index is 12.4. The maximum absolute atomic E-state index is 12.4. The molecule has 3 nitrogen and oxygen atoms in total. The summed E-state index contributed by atoms with van der Waals surface area (Å²) in [7, 11) is 0. The molecule has 6 heteroatoms. The molecule has 0 aliphatic heterocycles. The van der Waals surface area contributed by atoms with Crippen LogP contribution in [0, 0.1) is 0 Å². The number of halogens is 3. The van der Waals surface area contributed by atoms with Crippen LogP contribution in [0.5, 0.6) is 5.75 Å². The van der Waals surface area contributed by atoms with Crippen LogP contribution in [-0.2, 0) is 6.18 Å². The van der Waals surface area contributed by atoms with Crippen LogP contribution >= 0.6 is 0 Å². The summed E-state index contributed by atoms with van der Waals surface area (Å²) in [4.78, 5) is 0. The fourth-order valence-electron chi connectivity index (χ4n) is 1.48. The van der Waals surface area contributed by atoms with Gasteiger partial charge in [-0.2, -0.15) is 18.3 Å². The molecule has 2 rings (SSSR count). The second-order valence-electron chi connectivity index (χ2n) is 4.04. The van der Waals surface area contributed by atoms with Crippen molar-refractivity contribution in [2.24, 2.45) is 5.10 Å². The Morgan fingerprint density at radius 1 is 0.950 bits per heavy atom. The highest BCUT2D eigenvalue weighted by Gasteiger charge is 2.29. The van der Waals surface area contributed by atoms with Gasteiger partial charge in [-0.3, -0.25) is 5.43 Å². The molecule has 20 heavy (non-hydrogen) atoms. The Balaban J connectivity index is 1.99. The van der Waals surface area contributed by atoms with Gasteiger partial charge in [0.15, 0.2) is 0 Å². The van der Waals surface area contributed by atoms with Crippen molar-refractivity contribution in [2.75, 3.05) is 5.43 Å². The second kappa shape index (κ2) is 5.64. The van der Waals surface area contributed by atoms with Gasteiger partial charge in [0, 0.05) is 0 Å². The quantitative estimate of drug-likeness (QED) is 0.509. The summed E-state index contributed by atoms with van der Waals surface area (Å²) < 4.78 is 37.1. The molecule has 0 aromatic heterocycles. The molecule has 0 aliphatic carbocycles. The number of alkyl halides is 3. The van der Waals surface area contributed by atoms with Gasteiger partial charge >= 0.3 is 6.18 Å². The van der Waals surface area contributed by atoms with E-state index in [4.69, 9.17) is 5.11 Å². The molecule has 104 valence electrons. The van der Waals surface area contributed by atoms with Crippen molar-refractivity contribution in [3.8, 4) is 5.75 Å². The minimum atomic E-state index is -4.33. The summed E-state index contributed by atoms with van der Waals surface area (Å²) in [5, 5.41) is 13.0. The van der Waals surface area contributed by atoms with Crippen molar-refractivity contribution in [1.82, 2.24) is 0 Å². The SMILES string of the molecule is Oc1ccc(N/N=C\c2ccc(C(F)(F)F)cc2)cc1. The number of hydrazone groups is 1. The van der Waals surface area contributed by atoms with Gasteiger partial charge < -0.3 is 5.11 Å². The largest absolute Gasteiger partial charge is 0.508 e. The molecule has 0 heterocycles. The number of hydrogen-bond acceptors (Lipinski definition) is 3. The Morgan fingerprint density at radius 2 is 1.55 bits per heavy atom. The molecule has 0 atom stereocenters. The van der Waals surface area contributed by atoms with Gasteiger partial charge in [-0.25, -0.2) is 0 Å². The van der Waals surface area contributed by atoms with Crippen molar-refractivity contribution in [3.05, 3.63) is 59.7 Å². The van der Waals surface area contributed by atoms with E-state index < -0.39 is 11.7 Å². The van der Waals surface area contributed by atoms with E-state index in [1.54, 1.807) is 12.1 Å². The van der Waals surface area contributed by atoms with E-state index in [0.29, 0.717) is 11.3 Å². The van der Waals surface area contributed by atoms with Crippen molar-refractivity contribution in [3.63, 3.8) is 0 Å². The van der Waals surface area contributed by atoms with Crippen LogP contribution in [0.3, 0.4) is 0 Å². The van der Waals surface area contributed by atoms with Gasteiger partial charge in [0.2, 0.25) is 0 Å². The third-order valence-electron chi connectivity index (χ3n) is 2.51. The Labute approximate surface area is 113 Å². The predicted octanol–water partition coefficient (Wildman–Crippen LogP) is 3.86. The number of rotatable bonds is 3. The second-order valence-corrected chi connectivity index (χ2v) is 4.04. The van der Waals surface area contributed by atoms with Crippen LogP contribution in [-0.4, -0.2) is 11.3 Å². The summed E-state index contributed by atoms with van der Waals surface area (Å²) in [6.07, 6.45) is -2.92. The molecular weight excluding hydrogens is 269 g/mol. The third kappa shape index (κ3) is 3.74. The first-order chi connectivity index (χ1) is 9.45. The van der Waals surface area contributed by atoms with E-state index in [2.05, 4.69) is 10.5 Å². The van der Waals surface area contributed by atoms with Crippen LogP contribution in [0.2, 0.25) is 0 Å². The Hall–Kier alpha value is -2.50. The van der Waals surface area contributed by atoms with Gasteiger partial charge in [0.05, 0.1) is 17.5 Å². The van der Waals surface area contributed by atoms with E-state index >= 15 is 0 Å². The van der Waals surface area contributed by atoms with Crippen LogP contribution in [0.25, 0.3) is 0 Å². The van der Waals surface area contributed by atoms with Crippen molar-refractivity contribution in [2.45, 2.75) is 6.18 Å². The van der Waals surface area contributed by atoms with Crippen LogP contribution in [0.4, 0.5) is 18.9 Å². The first kappa shape index (κ1) is 13.9. The van der Waals surface area contributed by atoms with Gasteiger partial charge in [-0.05, 0) is 42.0 Å². The Kier molecular flexibility index (Phi) is 3.93. The highest BCUT2D eigenvalue weighted by molar-refractivity contribution is 5.80. The smallest absolute Gasteiger partial charge is 0.416 e. The van der Waals surface area contributed by atoms with Crippen molar-refractivity contribution < 1.29 is 18.3 Å². The molecule has 0 aliphatic rings. The summed E-state index contributed by atoms with van der Waals surface area (Å²) >= 11 is 0. The number of hydrogen-bond donors (Lipinski definition) is 2. The van der Waals surface area contributed by atoms with E-state index in [0.717, 1.165) is 12.1 Å². The molecule has 0 unspecified atom stereocenters. The number of phenolic OH excluding ortho intramolecular Hbond substituents is 1. The summed E-state index contributed by atoms with van der Waals surface area (Å²) in [5.41, 5.74) is 3.21. The Morgan fingerprint density at radius 3 is 2.10 bits per heavy atom. The van der Waals surface area contributed by atoms with E-state index in [1.807, 2.05) is 0 Å². The number of benzene rings is 2. The number of nitrogens with one attached hydrogen (secondary N) is 1. The van der Waals surface area contributed by atoms with Gasteiger partial charge in [-0.1, -0.05) is 12.1 Å². The van der Waals surface area contributed by atoms with Crippen LogP contribution in [0.1, 0.15) is 11.1 Å². The fourth-order valence-corrected chi connectivity index (χ4v) is 1.48. The molecule has 0 radical (unpaired) electrons. The summed E-state index contributed by atoms with van der Waals surface area (Å²) in [6.45, 7) is 0. The zero-order valence-electron chi connectivity index (χ0n) is 10.2. The average Bonchev–Trinajstić information content (AvgIpc) is 2.41. The molecule has 0 fully saturated rings. The summed E-state index contributed by atoms with van der Waals surface area (Å²) in [6, 6.07) is 10.9. The van der Waals surface area contributed by atoms with E-state index in [1.165, 1.54) is 30.5 Å². The molecule has 0 saturated carbocycles. The fraction of sp³-hybridized carbons (Fsp3) is 0.0714. The van der Waals surface area contributed by atoms with Gasteiger partial charge in [0.25, 0.3) is 0 Å². The van der Waals surface area contributed by atoms with E-state index in [9.17, 15) is 13.2 Å². The van der Waals surface area contributed by atoms with E-state index in [-0.39, 0.29) is 5.75 Å². The topological polar surface area (TPSA) is 44.6 Å². The lowest BCUT2D eigenvalue weighted by Crippen LogP contribution is -2.04. The highest BCUT2D eigenvalue weighted by Crippen LogP contribution is 2.28. The number of anilines is 1. The van der Waals surface area contributed by atoms with Crippen molar-refractivity contribution in [1.29, 1.82) is 0 Å². The number of phenols is 1. The maximum Gasteiger partial charge on any atom is 0.416 e. The summed E-state index contributed by atoms with van der Waals surface area (Å²) in [5.74, 6) is 0.141. The zero-order valence-corrected chi connectivity index (χ0v) is 10.2. The Bertz CT molecular complexity index is 589. The minimum Gasteiger partial charge on any atom is -0.508 e. The highest BCUT2D eigenvalue weighted by atomic mass is 19.4. The lowest BCUT2D eigenvalue weighted by Gasteiger charge is -2.05. The molecule has 0 spiro atoms. The molecule has 0 bridgehead atoms. The number of nitrogens with zero attached hydrogens (tertiary/aromatic N) is 1. The normalized spacial score (nSPS) is 11.8. The lowest BCUT2D eigenvalue weighted by molar-refractivity contribution is -0.137. The molecule has 0 saturated heterocycles. The molecule has 2 aromatic rings. The first-order valence-electron chi connectivity index (χ1n) is 5.70. The molecule has 0 amide bonds. The minimum absolute atomic E-state index is 0.141. The standard InChI is InChI=1S/C14H11F3N2O/c15-14(16,17)11-3-1-10(2-4-11)9-18-19-12-5-7-13(20)8-6-12/h1-9,19-20H/b18-9-. The lowest BCUT2D eigenvalue weighted by atomic mass is 10.1. The van der Waals surface area contributed by atoms with Crippen LogP contribution in [0.15, 0.2) is 53.6 Å². The van der Waals surface area contributed by atoms with Gasteiger partial charge in [-0.15, -0.1) is 0 Å². The van der Waals surface area contributed by atoms with Crippen molar-refractivity contribution >= 4 is 11.9 Å². The molecule has 2 aromatic carbocycles. The van der Waals surface area contributed by atoms with Gasteiger partial charge in [0.1, 0.15) is 5.75 Å². The average molecular weight is 280 g/mol. The predicted molar refractivity (Wildman–Crippen MR) is 70.8 cm³/mol. The first-order valence-corrected chi connectivity index (χ1v) is 5.70. The monoisotopic (exact) mass is 280 g/mol. The molecular formula is C14H11F3N2O. The zero-order chi connectivity index (χ0) is 14.6. The molecule has 2 N–H and O–H groups in total. The van der Waals surface area contributed by atoms with Crippen LogP contribution < -0.4 is 5.43 Å². The number of aromatic hydroxyl groups is 1.